The maximum atomic E-state index is 12.5. The highest BCUT2D eigenvalue weighted by molar-refractivity contribution is 7.92. The fourth-order valence-electron chi connectivity index (χ4n) is 2.54. The summed E-state index contributed by atoms with van der Waals surface area (Å²) in [5, 5.41) is 0.474. The Labute approximate surface area is 155 Å². The number of hydrogen-bond donors (Lipinski definition) is 1. The SMILES string of the molecule is O=S(=O)(Nc1cccc(-c2nc3ccccc3o2)c1)c1ccc(Cl)cc1. The molecule has 0 spiro atoms. The lowest BCUT2D eigenvalue weighted by molar-refractivity contribution is 0.601. The standard InChI is InChI=1S/C19H13ClN2O3S/c20-14-8-10-16(11-9-14)26(23,24)22-15-5-3-4-13(12-15)19-21-17-6-1-2-7-18(17)25-19/h1-12,22H. The smallest absolute Gasteiger partial charge is 0.261 e. The van der Waals surface area contributed by atoms with E-state index in [1.54, 1.807) is 18.2 Å². The van der Waals surface area contributed by atoms with Gasteiger partial charge < -0.3 is 4.42 Å². The fraction of sp³-hybridized carbons (Fsp3) is 0. The van der Waals surface area contributed by atoms with E-state index in [4.69, 9.17) is 16.0 Å². The van der Waals surface area contributed by atoms with Crippen LogP contribution in [-0.4, -0.2) is 13.4 Å². The predicted molar refractivity (Wildman–Crippen MR) is 102 cm³/mol. The summed E-state index contributed by atoms with van der Waals surface area (Å²) in [5.41, 5.74) is 2.52. The van der Waals surface area contributed by atoms with Crippen LogP contribution in [0.1, 0.15) is 0 Å². The third-order valence-electron chi connectivity index (χ3n) is 3.78. The monoisotopic (exact) mass is 384 g/mol. The Hall–Kier alpha value is -2.83. The number of oxazole rings is 1. The average Bonchev–Trinajstić information content (AvgIpc) is 3.06. The second kappa shape index (κ2) is 6.48. The first-order valence-electron chi connectivity index (χ1n) is 7.76. The first kappa shape index (κ1) is 16.6. The van der Waals surface area contributed by atoms with Crippen molar-refractivity contribution in [1.82, 2.24) is 4.98 Å². The molecule has 26 heavy (non-hydrogen) atoms. The van der Waals surface area contributed by atoms with Crippen LogP contribution in [0.25, 0.3) is 22.6 Å². The van der Waals surface area contributed by atoms with Gasteiger partial charge in [-0.3, -0.25) is 4.72 Å². The van der Waals surface area contributed by atoms with Crippen LogP contribution in [-0.2, 0) is 10.0 Å². The zero-order valence-corrected chi connectivity index (χ0v) is 15.0. The van der Waals surface area contributed by atoms with Gasteiger partial charge in [-0.1, -0.05) is 29.8 Å². The Morgan fingerprint density at radius 2 is 1.69 bits per heavy atom. The van der Waals surface area contributed by atoms with Gasteiger partial charge in [-0.2, -0.15) is 0 Å². The molecular formula is C19H13ClN2O3S. The molecule has 1 N–H and O–H groups in total. The number of fused-ring (bicyclic) bond motifs is 1. The number of anilines is 1. The van der Waals surface area contributed by atoms with E-state index in [1.165, 1.54) is 24.3 Å². The molecule has 0 atom stereocenters. The van der Waals surface area contributed by atoms with E-state index in [-0.39, 0.29) is 4.90 Å². The summed E-state index contributed by atoms with van der Waals surface area (Å²) in [6.07, 6.45) is 0. The van der Waals surface area contributed by atoms with Gasteiger partial charge in [0.2, 0.25) is 5.89 Å². The lowest BCUT2D eigenvalue weighted by Crippen LogP contribution is -2.12. The summed E-state index contributed by atoms with van der Waals surface area (Å²) >= 11 is 5.81. The molecular weight excluding hydrogens is 372 g/mol. The van der Waals surface area contributed by atoms with Crippen LogP contribution < -0.4 is 4.72 Å². The van der Waals surface area contributed by atoms with Crippen LogP contribution in [0.15, 0.2) is 82.1 Å². The Morgan fingerprint density at radius 1 is 0.923 bits per heavy atom. The van der Waals surface area contributed by atoms with Crippen molar-refractivity contribution in [3.8, 4) is 11.5 Å². The molecule has 0 amide bonds. The number of nitrogens with one attached hydrogen (secondary N) is 1. The Balaban J connectivity index is 1.66. The Bertz CT molecular complexity index is 1150. The highest BCUT2D eigenvalue weighted by Crippen LogP contribution is 2.27. The van der Waals surface area contributed by atoms with Crippen molar-refractivity contribution in [1.29, 1.82) is 0 Å². The van der Waals surface area contributed by atoms with E-state index in [0.29, 0.717) is 27.7 Å². The molecule has 0 unspecified atom stereocenters. The second-order valence-corrected chi connectivity index (χ2v) is 7.75. The third kappa shape index (κ3) is 3.29. The van der Waals surface area contributed by atoms with Gasteiger partial charge in [0.05, 0.1) is 4.90 Å². The van der Waals surface area contributed by atoms with E-state index >= 15 is 0 Å². The molecule has 0 aliphatic heterocycles. The molecule has 3 aromatic carbocycles. The predicted octanol–water partition coefficient (Wildman–Crippen LogP) is 4.95. The number of hydrogen-bond acceptors (Lipinski definition) is 4. The topological polar surface area (TPSA) is 72.2 Å². The highest BCUT2D eigenvalue weighted by Gasteiger charge is 2.15. The van der Waals surface area contributed by atoms with Crippen molar-refractivity contribution >= 4 is 38.4 Å². The Morgan fingerprint density at radius 3 is 2.46 bits per heavy atom. The van der Waals surface area contributed by atoms with Crippen LogP contribution in [0.5, 0.6) is 0 Å². The van der Waals surface area contributed by atoms with E-state index in [2.05, 4.69) is 9.71 Å². The first-order chi connectivity index (χ1) is 12.5. The quantitative estimate of drug-likeness (QED) is 0.540. The van der Waals surface area contributed by atoms with Crippen molar-refractivity contribution in [2.45, 2.75) is 4.90 Å². The molecule has 0 aliphatic carbocycles. The summed E-state index contributed by atoms with van der Waals surface area (Å²) in [6.45, 7) is 0. The molecule has 4 aromatic rings. The summed E-state index contributed by atoms with van der Waals surface area (Å²) < 4.78 is 33.3. The van der Waals surface area contributed by atoms with Crippen molar-refractivity contribution < 1.29 is 12.8 Å². The first-order valence-corrected chi connectivity index (χ1v) is 9.62. The molecule has 0 fully saturated rings. The minimum atomic E-state index is -3.71. The van der Waals surface area contributed by atoms with Gasteiger partial charge in [-0.15, -0.1) is 0 Å². The van der Waals surface area contributed by atoms with Gasteiger partial charge in [0.25, 0.3) is 10.0 Å². The highest BCUT2D eigenvalue weighted by atomic mass is 35.5. The largest absolute Gasteiger partial charge is 0.436 e. The van der Waals surface area contributed by atoms with Gasteiger partial charge >= 0.3 is 0 Å². The van der Waals surface area contributed by atoms with Crippen molar-refractivity contribution in [3.05, 3.63) is 77.8 Å². The summed E-state index contributed by atoms with van der Waals surface area (Å²) in [5.74, 6) is 0.429. The molecule has 0 radical (unpaired) electrons. The van der Waals surface area contributed by atoms with Crippen LogP contribution in [0, 0.1) is 0 Å². The zero-order chi connectivity index (χ0) is 18.1. The second-order valence-electron chi connectivity index (χ2n) is 5.63. The van der Waals surface area contributed by atoms with E-state index < -0.39 is 10.0 Å². The number of halogens is 1. The summed E-state index contributed by atoms with van der Waals surface area (Å²) in [6, 6.07) is 20.3. The van der Waals surface area contributed by atoms with Crippen molar-refractivity contribution in [2.24, 2.45) is 0 Å². The molecule has 130 valence electrons. The van der Waals surface area contributed by atoms with Gasteiger partial charge in [-0.25, -0.2) is 13.4 Å². The lowest BCUT2D eigenvalue weighted by atomic mass is 10.2. The number of rotatable bonds is 4. The normalized spacial score (nSPS) is 11.6. The van der Waals surface area contributed by atoms with Crippen molar-refractivity contribution in [3.63, 3.8) is 0 Å². The number of nitrogens with zero attached hydrogens (tertiary/aromatic N) is 1. The van der Waals surface area contributed by atoms with Crippen LogP contribution >= 0.6 is 11.6 Å². The number of para-hydroxylation sites is 2. The van der Waals surface area contributed by atoms with Crippen LogP contribution in [0.3, 0.4) is 0 Å². The molecule has 1 aromatic heterocycles. The third-order valence-corrected chi connectivity index (χ3v) is 5.43. The average molecular weight is 385 g/mol. The van der Waals surface area contributed by atoms with Crippen LogP contribution in [0.4, 0.5) is 5.69 Å². The van der Waals surface area contributed by atoms with E-state index in [9.17, 15) is 8.42 Å². The van der Waals surface area contributed by atoms with E-state index in [1.807, 2.05) is 30.3 Å². The van der Waals surface area contributed by atoms with Crippen molar-refractivity contribution in [2.75, 3.05) is 4.72 Å². The summed E-state index contributed by atoms with van der Waals surface area (Å²) in [4.78, 5) is 4.56. The van der Waals surface area contributed by atoms with Gasteiger partial charge in [0.15, 0.2) is 5.58 Å². The van der Waals surface area contributed by atoms with Crippen LogP contribution in [0.2, 0.25) is 5.02 Å². The fourth-order valence-corrected chi connectivity index (χ4v) is 3.71. The minimum absolute atomic E-state index is 0.133. The van der Waals surface area contributed by atoms with E-state index in [0.717, 1.165) is 5.52 Å². The molecule has 1 heterocycles. The van der Waals surface area contributed by atoms with Gasteiger partial charge in [0.1, 0.15) is 5.52 Å². The minimum Gasteiger partial charge on any atom is -0.436 e. The number of sulfonamides is 1. The zero-order valence-electron chi connectivity index (χ0n) is 13.4. The number of benzene rings is 3. The molecule has 4 rings (SSSR count). The number of aromatic nitrogens is 1. The van der Waals surface area contributed by atoms with Gasteiger partial charge in [0, 0.05) is 16.3 Å². The molecule has 7 heteroatoms. The molecule has 0 saturated carbocycles. The maximum absolute atomic E-state index is 12.5. The molecule has 5 nitrogen and oxygen atoms in total. The Kier molecular flexibility index (Phi) is 4.14. The lowest BCUT2D eigenvalue weighted by Gasteiger charge is -2.09. The van der Waals surface area contributed by atoms with Gasteiger partial charge in [-0.05, 0) is 54.6 Å². The maximum Gasteiger partial charge on any atom is 0.261 e. The molecule has 0 saturated heterocycles. The molecule has 0 aliphatic rings. The summed E-state index contributed by atoms with van der Waals surface area (Å²) in [7, 11) is -3.71. The molecule has 0 bridgehead atoms.